The molecule has 1 aliphatic heterocycles. The van der Waals surface area contributed by atoms with Crippen molar-refractivity contribution in [2.45, 2.75) is 58.0 Å². The smallest absolute Gasteiger partial charge is 0.416 e. The number of imidazole rings is 1. The van der Waals surface area contributed by atoms with E-state index in [2.05, 4.69) is 10.3 Å². The fourth-order valence-electron chi connectivity index (χ4n) is 4.36. The van der Waals surface area contributed by atoms with Gasteiger partial charge in [0.2, 0.25) is 0 Å². The minimum absolute atomic E-state index is 0.0709. The zero-order valence-corrected chi connectivity index (χ0v) is 21.7. The number of ether oxygens (including phenoxy) is 1. The highest BCUT2D eigenvalue weighted by Gasteiger charge is 2.37. The lowest BCUT2D eigenvalue weighted by Gasteiger charge is -2.28. The topological polar surface area (TPSA) is 141 Å². The number of likely N-dealkylation sites (tertiary alicyclic amines) is 1. The second kappa shape index (κ2) is 10.6. The van der Waals surface area contributed by atoms with E-state index in [1.54, 1.807) is 37.8 Å². The van der Waals surface area contributed by atoms with Crippen LogP contribution in [0.1, 0.15) is 67.1 Å². The van der Waals surface area contributed by atoms with Crippen molar-refractivity contribution in [3.05, 3.63) is 65.2 Å². The summed E-state index contributed by atoms with van der Waals surface area (Å²) >= 11 is 0. The van der Waals surface area contributed by atoms with Crippen LogP contribution in [0.2, 0.25) is 0 Å². The number of aromatic nitrogens is 3. The van der Waals surface area contributed by atoms with Crippen molar-refractivity contribution in [2.75, 3.05) is 17.7 Å². The highest BCUT2D eigenvalue weighted by atomic mass is 19.4. The monoisotopic (exact) mass is 545 g/mol. The van der Waals surface area contributed by atoms with Crippen LogP contribution in [0, 0.1) is 0 Å². The van der Waals surface area contributed by atoms with E-state index in [1.165, 1.54) is 16.8 Å². The third-order valence-electron chi connectivity index (χ3n) is 6.16. The maximum Gasteiger partial charge on any atom is 0.416 e. The third-order valence-corrected chi connectivity index (χ3v) is 6.16. The molecule has 0 saturated carbocycles. The van der Waals surface area contributed by atoms with Crippen LogP contribution in [0.5, 0.6) is 0 Å². The highest BCUT2D eigenvalue weighted by Crippen LogP contribution is 2.35. The Balaban J connectivity index is 1.56. The number of nitrogens with zero attached hydrogens (tertiary/aromatic N) is 4. The Morgan fingerprint density at radius 1 is 1.15 bits per heavy atom. The summed E-state index contributed by atoms with van der Waals surface area (Å²) in [6, 6.07) is 7.49. The molecule has 0 unspecified atom stereocenters. The number of carbonyl (C=O) groups is 2. The van der Waals surface area contributed by atoms with E-state index in [9.17, 15) is 22.8 Å². The van der Waals surface area contributed by atoms with Gasteiger partial charge >= 0.3 is 12.3 Å². The Hall–Kier alpha value is -4.13. The van der Waals surface area contributed by atoms with Gasteiger partial charge < -0.3 is 21.6 Å². The Morgan fingerprint density at radius 3 is 2.46 bits per heavy atom. The lowest BCUT2D eigenvalue weighted by molar-refractivity contribution is -0.137. The molecule has 0 spiro atoms. The fraction of sp³-hybridized carbons (Fsp3) is 0.385. The summed E-state index contributed by atoms with van der Waals surface area (Å²) < 4.78 is 45.8. The molecule has 2 amide bonds. The number of rotatable bonds is 5. The van der Waals surface area contributed by atoms with Gasteiger partial charge in [-0.3, -0.25) is 9.69 Å². The van der Waals surface area contributed by atoms with Crippen molar-refractivity contribution in [2.24, 2.45) is 5.73 Å². The van der Waals surface area contributed by atoms with E-state index < -0.39 is 35.4 Å². The van der Waals surface area contributed by atoms with Crippen LogP contribution in [0.25, 0.3) is 11.3 Å². The standard InChI is InChI=1S/C26H30F3N7O3/c1-25(2,3)39-24(38)35-12-4-5-18(35)22-34-21(19(14-30)36(22)31)15-6-8-16(9-7-15)23(37)33-20-13-17(10-11-32-20)26(27,28)29/h6-11,13,18H,4-5,12,14,30-31H2,1-3H3,(H,32,33,37)/t18-/m0/s1. The van der Waals surface area contributed by atoms with Crippen molar-refractivity contribution in [3.63, 3.8) is 0 Å². The van der Waals surface area contributed by atoms with Crippen molar-refractivity contribution < 1.29 is 27.5 Å². The molecule has 10 nitrogen and oxygen atoms in total. The highest BCUT2D eigenvalue weighted by molar-refractivity contribution is 6.04. The Labute approximate surface area is 223 Å². The number of hydrogen-bond acceptors (Lipinski definition) is 7. The van der Waals surface area contributed by atoms with Gasteiger partial charge in [-0.15, -0.1) is 0 Å². The molecule has 0 bridgehead atoms. The number of nitrogen functional groups attached to an aromatic ring is 1. The second-order valence-electron chi connectivity index (χ2n) is 10.1. The van der Waals surface area contributed by atoms with Crippen molar-refractivity contribution in [3.8, 4) is 11.3 Å². The van der Waals surface area contributed by atoms with Crippen LogP contribution in [0.3, 0.4) is 0 Å². The number of anilines is 1. The molecule has 13 heteroatoms. The number of carbonyl (C=O) groups excluding carboxylic acids is 2. The van der Waals surface area contributed by atoms with E-state index in [0.717, 1.165) is 24.8 Å². The molecule has 3 aromatic rings. The lowest BCUT2D eigenvalue weighted by Crippen LogP contribution is -2.37. The maximum atomic E-state index is 13.0. The van der Waals surface area contributed by atoms with Gasteiger partial charge in [0, 0.05) is 30.4 Å². The van der Waals surface area contributed by atoms with E-state index >= 15 is 0 Å². The van der Waals surface area contributed by atoms with Crippen molar-refractivity contribution >= 4 is 17.8 Å². The molecule has 2 aromatic heterocycles. The van der Waals surface area contributed by atoms with Gasteiger partial charge in [-0.1, -0.05) is 12.1 Å². The largest absolute Gasteiger partial charge is 0.444 e. The molecule has 208 valence electrons. The van der Waals surface area contributed by atoms with Crippen LogP contribution < -0.4 is 16.9 Å². The predicted octanol–water partition coefficient (Wildman–Crippen LogP) is 4.46. The van der Waals surface area contributed by atoms with Gasteiger partial charge in [0.15, 0.2) is 5.82 Å². The van der Waals surface area contributed by atoms with Gasteiger partial charge in [0.25, 0.3) is 5.91 Å². The van der Waals surface area contributed by atoms with Crippen LogP contribution >= 0.6 is 0 Å². The second-order valence-corrected chi connectivity index (χ2v) is 10.1. The number of hydrogen-bond donors (Lipinski definition) is 3. The molecule has 4 rings (SSSR count). The lowest BCUT2D eigenvalue weighted by atomic mass is 10.1. The summed E-state index contributed by atoms with van der Waals surface area (Å²) in [6.07, 6.45) is -2.62. The Bertz CT molecular complexity index is 1360. The first-order valence-electron chi connectivity index (χ1n) is 12.3. The molecule has 1 atom stereocenters. The Kier molecular flexibility index (Phi) is 7.55. The quantitative estimate of drug-likeness (QED) is 0.402. The summed E-state index contributed by atoms with van der Waals surface area (Å²) in [7, 11) is 0. The van der Waals surface area contributed by atoms with Gasteiger partial charge in [-0.2, -0.15) is 13.2 Å². The molecule has 1 saturated heterocycles. The number of halogens is 3. The number of amides is 2. The number of benzene rings is 1. The summed E-state index contributed by atoms with van der Waals surface area (Å²) in [5.74, 6) is 5.99. The summed E-state index contributed by atoms with van der Waals surface area (Å²) in [4.78, 5) is 35.5. The molecular weight excluding hydrogens is 515 g/mol. The molecule has 1 aliphatic rings. The molecule has 1 fully saturated rings. The van der Waals surface area contributed by atoms with E-state index in [1.807, 2.05) is 0 Å². The summed E-state index contributed by atoms with van der Waals surface area (Å²) in [6.45, 7) is 5.96. The Morgan fingerprint density at radius 2 is 1.85 bits per heavy atom. The van der Waals surface area contributed by atoms with Crippen LogP contribution in [-0.4, -0.2) is 43.7 Å². The third kappa shape index (κ3) is 6.14. The van der Waals surface area contributed by atoms with Gasteiger partial charge in [-0.25, -0.2) is 19.4 Å². The number of pyridine rings is 1. The van der Waals surface area contributed by atoms with Crippen LogP contribution in [0.4, 0.5) is 23.8 Å². The van der Waals surface area contributed by atoms with E-state index in [4.69, 9.17) is 21.3 Å². The van der Waals surface area contributed by atoms with Crippen molar-refractivity contribution in [1.82, 2.24) is 19.5 Å². The maximum absolute atomic E-state index is 13.0. The predicted molar refractivity (Wildman–Crippen MR) is 138 cm³/mol. The minimum Gasteiger partial charge on any atom is -0.444 e. The zero-order chi connectivity index (χ0) is 28.5. The van der Waals surface area contributed by atoms with Crippen LogP contribution in [0.15, 0.2) is 42.6 Å². The molecule has 1 aromatic carbocycles. The first-order valence-corrected chi connectivity index (χ1v) is 12.3. The molecule has 0 radical (unpaired) electrons. The molecule has 3 heterocycles. The fourth-order valence-corrected chi connectivity index (χ4v) is 4.36. The van der Waals surface area contributed by atoms with E-state index in [-0.39, 0.29) is 17.9 Å². The molecule has 5 N–H and O–H groups in total. The first-order chi connectivity index (χ1) is 18.3. The van der Waals surface area contributed by atoms with Crippen molar-refractivity contribution in [1.29, 1.82) is 0 Å². The normalized spacial score (nSPS) is 15.9. The average molecular weight is 546 g/mol. The minimum atomic E-state index is -4.56. The number of nitrogens with one attached hydrogen (secondary N) is 1. The number of alkyl halides is 3. The molecular formula is C26H30F3N7O3. The van der Waals surface area contributed by atoms with Gasteiger partial charge in [-0.05, 0) is 57.9 Å². The average Bonchev–Trinajstić information content (AvgIpc) is 3.47. The number of nitrogens with two attached hydrogens (primary N) is 2. The first kappa shape index (κ1) is 27.9. The SMILES string of the molecule is CC(C)(C)OC(=O)N1CCC[C@H]1c1nc(-c2ccc(C(=O)Nc3cc(C(F)(F)F)ccn3)cc2)c(CN)n1N. The molecule has 39 heavy (non-hydrogen) atoms. The zero-order valence-electron chi connectivity index (χ0n) is 21.7. The van der Waals surface area contributed by atoms with Crippen LogP contribution in [-0.2, 0) is 17.5 Å². The van der Waals surface area contributed by atoms with Gasteiger partial charge in [0.1, 0.15) is 11.4 Å². The summed E-state index contributed by atoms with van der Waals surface area (Å²) in [5.41, 5.74) is 6.27. The molecule has 0 aliphatic carbocycles. The summed E-state index contributed by atoms with van der Waals surface area (Å²) in [5, 5.41) is 2.38. The van der Waals surface area contributed by atoms with E-state index in [0.29, 0.717) is 35.7 Å². The van der Waals surface area contributed by atoms with Gasteiger partial charge in [0.05, 0.1) is 23.0 Å².